The Bertz CT molecular complexity index is 1190. The van der Waals surface area contributed by atoms with Crippen molar-refractivity contribution < 1.29 is 17.9 Å². The first kappa shape index (κ1) is 20.5. The molecule has 3 aromatic rings. The lowest BCUT2D eigenvalue weighted by atomic mass is 10.2. The number of sulfone groups is 1. The van der Waals surface area contributed by atoms with Crippen molar-refractivity contribution in [1.29, 1.82) is 0 Å². The second-order valence-corrected chi connectivity index (χ2v) is 8.81. The molecule has 0 aliphatic rings. The second-order valence-electron chi connectivity index (χ2n) is 6.55. The van der Waals surface area contributed by atoms with Gasteiger partial charge in [0, 0.05) is 29.8 Å². The highest BCUT2D eigenvalue weighted by atomic mass is 32.2. The first-order valence-electron chi connectivity index (χ1n) is 8.97. The van der Waals surface area contributed by atoms with Crippen LogP contribution in [0.4, 0.5) is 5.69 Å². The molecule has 8 nitrogen and oxygen atoms in total. The summed E-state index contributed by atoms with van der Waals surface area (Å²) in [6, 6.07) is 13.9. The summed E-state index contributed by atoms with van der Waals surface area (Å²) in [7, 11) is -3.10. The van der Waals surface area contributed by atoms with E-state index in [2.05, 4.69) is 10.4 Å². The summed E-state index contributed by atoms with van der Waals surface area (Å²) in [6.45, 7) is 0.360. The molecule has 0 spiro atoms. The van der Waals surface area contributed by atoms with Crippen molar-refractivity contribution in [2.45, 2.75) is 13.0 Å². The molecule has 3 rings (SSSR count). The van der Waals surface area contributed by atoms with Gasteiger partial charge >= 0.3 is 0 Å². The summed E-state index contributed by atoms with van der Waals surface area (Å²) in [5, 5.41) is 7.44. The summed E-state index contributed by atoms with van der Waals surface area (Å²) in [5.74, 6) is 0.173. The molecule has 152 valence electrons. The second kappa shape index (κ2) is 8.87. The Labute approximate surface area is 168 Å². The van der Waals surface area contributed by atoms with E-state index in [0.717, 1.165) is 6.26 Å². The van der Waals surface area contributed by atoms with E-state index < -0.39 is 9.84 Å². The monoisotopic (exact) mass is 415 g/mol. The Morgan fingerprint density at radius 1 is 1.17 bits per heavy atom. The molecular weight excluding hydrogens is 394 g/mol. The number of ether oxygens (including phenoxy) is 1. The first-order valence-corrected chi connectivity index (χ1v) is 11.0. The van der Waals surface area contributed by atoms with E-state index in [1.165, 1.54) is 6.20 Å². The van der Waals surface area contributed by atoms with Crippen LogP contribution >= 0.6 is 0 Å². The van der Waals surface area contributed by atoms with Gasteiger partial charge in [0.05, 0.1) is 24.0 Å². The predicted molar refractivity (Wildman–Crippen MR) is 111 cm³/mol. The minimum absolute atomic E-state index is 0.0430. The number of nitrogens with zero attached hydrogens (tertiary/aromatic N) is 2. The molecule has 0 fully saturated rings. The van der Waals surface area contributed by atoms with Gasteiger partial charge in [-0.1, -0.05) is 18.2 Å². The summed E-state index contributed by atoms with van der Waals surface area (Å²) in [5.41, 5.74) is 1.06. The third-order valence-electron chi connectivity index (χ3n) is 4.15. The van der Waals surface area contributed by atoms with Gasteiger partial charge in [-0.25, -0.2) is 8.42 Å². The van der Waals surface area contributed by atoms with Crippen LogP contribution in [-0.4, -0.2) is 42.7 Å². The van der Waals surface area contributed by atoms with Gasteiger partial charge in [-0.2, -0.15) is 5.10 Å². The normalized spacial score (nSPS) is 11.3. The van der Waals surface area contributed by atoms with E-state index in [1.54, 1.807) is 47.1 Å². The van der Waals surface area contributed by atoms with Crippen LogP contribution in [0.2, 0.25) is 0 Å². The molecule has 9 heteroatoms. The molecule has 29 heavy (non-hydrogen) atoms. The number of benzene rings is 2. The number of hydrogen-bond donors (Lipinski definition) is 1. The van der Waals surface area contributed by atoms with Gasteiger partial charge < -0.3 is 10.1 Å². The highest BCUT2D eigenvalue weighted by Crippen LogP contribution is 2.18. The van der Waals surface area contributed by atoms with Crippen molar-refractivity contribution in [2.24, 2.45) is 0 Å². The van der Waals surface area contributed by atoms with Crippen LogP contribution in [-0.2, 0) is 21.2 Å². The highest BCUT2D eigenvalue weighted by molar-refractivity contribution is 7.90. The number of carbonyl (C=O) groups excluding carboxylic acids is 1. The predicted octanol–water partition coefficient (Wildman–Crippen LogP) is 1.85. The van der Waals surface area contributed by atoms with E-state index >= 15 is 0 Å². The molecular formula is C20H21N3O5S. The molecule has 1 N–H and O–H groups in total. The molecule has 0 saturated heterocycles. The lowest BCUT2D eigenvalue weighted by molar-refractivity contribution is -0.116. The van der Waals surface area contributed by atoms with Crippen LogP contribution in [0.15, 0.2) is 59.5 Å². The molecule has 0 saturated carbocycles. The van der Waals surface area contributed by atoms with Gasteiger partial charge in [0.15, 0.2) is 9.84 Å². The van der Waals surface area contributed by atoms with E-state index in [1.807, 2.05) is 6.07 Å². The van der Waals surface area contributed by atoms with Crippen molar-refractivity contribution in [3.63, 3.8) is 0 Å². The maximum absolute atomic E-state index is 12.3. The number of para-hydroxylation sites is 1. The molecule has 1 heterocycles. The average Bonchev–Trinajstić information content (AvgIpc) is 2.67. The lowest BCUT2D eigenvalue weighted by Gasteiger charge is -2.11. The van der Waals surface area contributed by atoms with E-state index in [-0.39, 0.29) is 30.1 Å². The Morgan fingerprint density at radius 3 is 2.76 bits per heavy atom. The quantitative estimate of drug-likeness (QED) is 0.602. The molecule has 1 amide bonds. The fourth-order valence-corrected chi connectivity index (χ4v) is 3.13. The maximum Gasteiger partial charge on any atom is 0.226 e. The molecule has 0 aliphatic heterocycles. The van der Waals surface area contributed by atoms with Crippen LogP contribution < -0.4 is 15.5 Å². The smallest absolute Gasteiger partial charge is 0.226 e. The van der Waals surface area contributed by atoms with Crippen LogP contribution in [0.5, 0.6) is 5.75 Å². The standard InChI is InChI=1S/C20H21N3O5S/c1-29(26,27)12-11-28-16-6-4-5-15(13-16)22-20(25)9-10-23-18-8-3-2-7-17(18)19(24)14-21-23/h2-8,13-14H,9-12H2,1H3,(H,22,25). The number of rotatable bonds is 8. The van der Waals surface area contributed by atoms with Gasteiger partial charge in [-0.3, -0.25) is 14.3 Å². The molecule has 2 aromatic carbocycles. The van der Waals surface area contributed by atoms with Crippen LogP contribution in [0, 0.1) is 0 Å². The fraction of sp³-hybridized carbons (Fsp3) is 0.250. The van der Waals surface area contributed by atoms with Crippen LogP contribution in [0.3, 0.4) is 0 Å². The van der Waals surface area contributed by atoms with Crippen molar-refractivity contribution in [2.75, 3.05) is 23.9 Å². The minimum atomic E-state index is -3.10. The third-order valence-corrected chi connectivity index (χ3v) is 5.06. The largest absolute Gasteiger partial charge is 0.492 e. The molecule has 0 radical (unpaired) electrons. The number of fused-ring (bicyclic) bond motifs is 1. The molecule has 1 aromatic heterocycles. The van der Waals surface area contributed by atoms with Gasteiger partial charge in [-0.15, -0.1) is 0 Å². The van der Waals surface area contributed by atoms with Crippen molar-refractivity contribution in [1.82, 2.24) is 9.78 Å². The van der Waals surface area contributed by atoms with E-state index in [9.17, 15) is 18.0 Å². The van der Waals surface area contributed by atoms with Crippen LogP contribution in [0.1, 0.15) is 6.42 Å². The highest BCUT2D eigenvalue weighted by Gasteiger charge is 2.08. The SMILES string of the molecule is CS(=O)(=O)CCOc1cccc(NC(=O)CCn2ncc(=O)c3ccccc32)c1. The number of nitrogens with one attached hydrogen (secondary N) is 1. The zero-order chi connectivity index (χ0) is 20.9. The molecule has 0 atom stereocenters. The Morgan fingerprint density at radius 2 is 1.97 bits per heavy atom. The topological polar surface area (TPSA) is 107 Å². The van der Waals surface area contributed by atoms with Crippen LogP contribution in [0.25, 0.3) is 10.9 Å². The van der Waals surface area contributed by atoms with E-state index in [0.29, 0.717) is 28.9 Å². The number of aromatic nitrogens is 2. The summed E-state index contributed by atoms with van der Waals surface area (Å²) < 4.78 is 29.4. The third kappa shape index (κ3) is 5.89. The van der Waals surface area contributed by atoms with Crippen molar-refractivity contribution in [3.05, 3.63) is 65.0 Å². The number of aryl methyl sites for hydroxylation is 1. The summed E-state index contributed by atoms with van der Waals surface area (Å²) in [4.78, 5) is 24.2. The number of anilines is 1. The Balaban J connectivity index is 1.60. The molecule has 0 bridgehead atoms. The summed E-state index contributed by atoms with van der Waals surface area (Å²) in [6.07, 6.45) is 2.56. The fourth-order valence-electron chi connectivity index (χ4n) is 2.74. The average molecular weight is 415 g/mol. The lowest BCUT2D eigenvalue weighted by Crippen LogP contribution is -2.18. The number of carbonyl (C=O) groups is 1. The molecule has 0 aliphatic carbocycles. The molecule has 0 unspecified atom stereocenters. The van der Waals surface area contributed by atoms with Gasteiger partial charge in [0.1, 0.15) is 12.4 Å². The maximum atomic E-state index is 12.3. The Kier molecular flexibility index (Phi) is 6.28. The van der Waals surface area contributed by atoms with Gasteiger partial charge in [0.2, 0.25) is 11.3 Å². The number of amides is 1. The van der Waals surface area contributed by atoms with Crippen molar-refractivity contribution >= 4 is 32.3 Å². The van der Waals surface area contributed by atoms with E-state index in [4.69, 9.17) is 4.74 Å². The van der Waals surface area contributed by atoms with Crippen molar-refractivity contribution in [3.8, 4) is 5.75 Å². The van der Waals surface area contributed by atoms with Gasteiger partial charge in [0.25, 0.3) is 0 Å². The zero-order valence-electron chi connectivity index (χ0n) is 15.9. The summed E-state index contributed by atoms with van der Waals surface area (Å²) >= 11 is 0. The zero-order valence-corrected chi connectivity index (χ0v) is 16.7. The number of hydrogen-bond acceptors (Lipinski definition) is 6. The van der Waals surface area contributed by atoms with Gasteiger partial charge in [-0.05, 0) is 24.3 Å². The minimum Gasteiger partial charge on any atom is -0.492 e. The first-order chi connectivity index (χ1) is 13.8. The Hall–Kier alpha value is -3.20.